The normalized spacial score (nSPS) is 37.9. The monoisotopic (exact) mass is 290 g/mol. The Kier molecular flexibility index (Phi) is 3.80. The lowest BCUT2D eigenvalue weighted by Crippen LogP contribution is -2.56. The number of carbonyl (C=O) groups is 2. The molecule has 0 aromatic heterocycles. The van der Waals surface area contributed by atoms with Crippen molar-refractivity contribution in [3.05, 3.63) is 12.7 Å². The lowest BCUT2D eigenvalue weighted by atomic mass is 9.49. The highest BCUT2D eigenvalue weighted by Gasteiger charge is 2.54. The van der Waals surface area contributed by atoms with E-state index in [0.717, 1.165) is 37.0 Å². The summed E-state index contributed by atoms with van der Waals surface area (Å²) in [6.45, 7) is 5.78. The van der Waals surface area contributed by atoms with Gasteiger partial charge >= 0.3 is 0 Å². The Hall–Kier alpha value is -1.32. The smallest absolute Gasteiger partial charge is 0.242 e. The molecule has 2 amide bonds. The van der Waals surface area contributed by atoms with Crippen LogP contribution in [-0.2, 0) is 9.59 Å². The highest BCUT2D eigenvalue weighted by molar-refractivity contribution is 5.90. The molecule has 4 nitrogen and oxygen atoms in total. The van der Waals surface area contributed by atoms with Crippen molar-refractivity contribution in [3.8, 4) is 0 Å². The van der Waals surface area contributed by atoms with Crippen LogP contribution in [0, 0.1) is 23.2 Å². The van der Waals surface area contributed by atoms with E-state index in [0.29, 0.717) is 6.54 Å². The molecule has 4 heteroatoms. The second kappa shape index (κ2) is 5.47. The van der Waals surface area contributed by atoms with Crippen molar-refractivity contribution in [2.24, 2.45) is 23.2 Å². The molecule has 4 rings (SSSR count). The van der Waals surface area contributed by atoms with Crippen LogP contribution < -0.4 is 10.6 Å². The molecular formula is C17H26N2O2. The predicted molar refractivity (Wildman–Crippen MR) is 81.4 cm³/mol. The first-order valence-corrected chi connectivity index (χ1v) is 8.22. The number of rotatable bonds is 5. The summed E-state index contributed by atoms with van der Waals surface area (Å²) in [6, 6.07) is -0.467. The second-order valence-electron chi connectivity index (χ2n) is 7.43. The molecule has 0 aromatic carbocycles. The fourth-order valence-corrected chi connectivity index (χ4v) is 5.13. The highest BCUT2D eigenvalue weighted by atomic mass is 16.2. The van der Waals surface area contributed by atoms with E-state index in [-0.39, 0.29) is 17.2 Å². The van der Waals surface area contributed by atoms with Crippen LogP contribution in [0.2, 0.25) is 0 Å². The van der Waals surface area contributed by atoms with Crippen molar-refractivity contribution in [1.82, 2.24) is 10.6 Å². The topological polar surface area (TPSA) is 58.2 Å². The molecule has 0 saturated heterocycles. The van der Waals surface area contributed by atoms with Crippen molar-refractivity contribution < 1.29 is 9.59 Å². The summed E-state index contributed by atoms with van der Waals surface area (Å²) < 4.78 is 0. The standard InChI is InChI=1S/C17H26N2O2/c1-3-4-18-15(20)11(2)19-16(21)17-8-12-5-13(9-17)7-14(6-12)10-17/h3,11-14H,1,4-10H2,2H3,(H,18,20)(H,19,21)/t11-,12?,13?,14?,17?/m0/s1. The zero-order valence-corrected chi connectivity index (χ0v) is 12.9. The first kappa shape index (κ1) is 14.6. The van der Waals surface area contributed by atoms with E-state index in [1.54, 1.807) is 13.0 Å². The largest absolute Gasteiger partial charge is 0.351 e. The molecular weight excluding hydrogens is 264 g/mol. The van der Waals surface area contributed by atoms with Crippen molar-refractivity contribution in [2.75, 3.05) is 6.54 Å². The second-order valence-corrected chi connectivity index (χ2v) is 7.43. The van der Waals surface area contributed by atoms with E-state index in [2.05, 4.69) is 17.2 Å². The van der Waals surface area contributed by atoms with Gasteiger partial charge in [0.15, 0.2) is 0 Å². The minimum Gasteiger partial charge on any atom is -0.351 e. The molecule has 1 atom stereocenters. The number of nitrogens with one attached hydrogen (secondary N) is 2. The number of hydrogen-bond acceptors (Lipinski definition) is 2. The molecule has 0 unspecified atom stereocenters. The minimum absolute atomic E-state index is 0.114. The molecule has 2 N–H and O–H groups in total. The third-order valence-corrected chi connectivity index (χ3v) is 5.68. The Morgan fingerprint density at radius 3 is 2.19 bits per heavy atom. The van der Waals surface area contributed by atoms with Crippen molar-refractivity contribution in [1.29, 1.82) is 0 Å². The first-order valence-electron chi connectivity index (χ1n) is 8.22. The third kappa shape index (κ3) is 2.72. The van der Waals surface area contributed by atoms with Crippen LogP contribution in [0.3, 0.4) is 0 Å². The molecule has 0 radical (unpaired) electrons. The maximum atomic E-state index is 12.8. The molecule has 21 heavy (non-hydrogen) atoms. The predicted octanol–water partition coefficient (Wildman–Crippen LogP) is 2.01. The van der Waals surface area contributed by atoms with E-state index >= 15 is 0 Å². The third-order valence-electron chi connectivity index (χ3n) is 5.68. The maximum Gasteiger partial charge on any atom is 0.242 e. The van der Waals surface area contributed by atoms with Gasteiger partial charge in [-0.2, -0.15) is 0 Å². The average molecular weight is 290 g/mol. The molecule has 4 saturated carbocycles. The SMILES string of the molecule is C=CCNC(=O)[C@H](C)NC(=O)C12CC3CC(CC(C3)C1)C2. The van der Waals surface area contributed by atoms with E-state index in [9.17, 15) is 9.59 Å². The summed E-state index contributed by atoms with van der Waals surface area (Å²) in [7, 11) is 0. The van der Waals surface area contributed by atoms with Gasteiger partial charge in [0.1, 0.15) is 6.04 Å². The molecule has 116 valence electrons. The van der Waals surface area contributed by atoms with Crippen LogP contribution >= 0.6 is 0 Å². The van der Waals surface area contributed by atoms with E-state index in [1.807, 2.05) is 0 Å². The fourth-order valence-electron chi connectivity index (χ4n) is 5.13. The highest BCUT2D eigenvalue weighted by Crippen LogP contribution is 2.60. The van der Waals surface area contributed by atoms with Crippen LogP contribution in [0.1, 0.15) is 45.4 Å². The summed E-state index contributed by atoms with van der Waals surface area (Å²) in [5.74, 6) is 2.21. The van der Waals surface area contributed by atoms with Crippen molar-refractivity contribution in [3.63, 3.8) is 0 Å². The van der Waals surface area contributed by atoms with Crippen molar-refractivity contribution in [2.45, 2.75) is 51.5 Å². The molecule has 0 aromatic rings. The Balaban J connectivity index is 1.62. The van der Waals surface area contributed by atoms with Gasteiger partial charge in [-0.3, -0.25) is 9.59 Å². The van der Waals surface area contributed by atoms with Gasteiger partial charge in [-0.1, -0.05) is 6.08 Å². The van der Waals surface area contributed by atoms with Gasteiger partial charge in [0.05, 0.1) is 0 Å². The van der Waals surface area contributed by atoms with Crippen LogP contribution in [0.5, 0.6) is 0 Å². The van der Waals surface area contributed by atoms with Crippen LogP contribution in [-0.4, -0.2) is 24.4 Å². The van der Waals surface area contributed by atoms with Crippen LogP contribution in [0.4, 0.5) is 0 Å². The van der Waals surface area contributed by atoms with Gasteiger partial charge in [0.2, 0.25) is 11.8 Å². The summed E-state index contributed by atoms with van der Waals surface area (Å²) >= 11 is 0. The first-order chi connectivity index (χ1) is 10.0. The van der Waals surface area contributed by atoms with Crippen LogP contribution in [0.15, 0.2) is 12.7 Å². The number of hydrogen-bond donors (Lipinski definition) is 2. The van der Waals surface area contributed by atoms with E-state index < -0.39 is 6.04 Å². The van der Waals surface area contributed by atoms with E-state index in [1.165, 1.54) is 19.3 Å². The molecule has 4 aliphatic carbocycles. The molecule has 4 aliphatic rings. The molecule has 0 heterocycles. The Morgan fingerprint density at radius 2 is 1.71 bits per heavy atom. The summed E-state index contributed by atoms with van der Waals surface area (Å²) in [5, 5.41) is 5.70. The molecule has 0 spiro atoms. The Morgan fingerprint density at radius 1 is 1.19 bits per heavy atom. The average Bonchev–Trinajstić information content (AvgIpc) is 2.43. The van der Waals surface area contributed by atoms with Gasteiger partial charge in [-0.25, -0.2) is 0 Å². The maximum absolute atomic E-state index is 12.8. The van der Waals surface area contributed by atoms with Crippen molar-refractivity contribution >= 4 is 11.8 Å². The lowest BCUT2D eigenvalue weighted by molar-refractivity contribution is -0.148. The Labute approximate surface area is 126 Å². The Bertz CT molecular complexity index is 422. The summed E-state index contributed by atoms with van der Waals surface area (Å²) in [6.07, 6.45) is 8.71. The zero-order chi connectivity index (χ0) is 15.0. The number of carbonyl (C=O) groups excluding carboxylic acids is 2. The van der Waals surface area contributed by atoms with Crippen LogP contribution in [0.25, 0.3) is 0 Å². The fraction of sp³-hybridized carbons (Fsp3) is 0.765. The summed E-state index contributed by atoms with van der Waals surface area (Å²) in [4.78, 5) is 24.7. The van der Waals surface area contributed by atoms with Gasteiger partial charge in [-0.15, -0.1) is 6.58 Å². The quantitative estimate of drug-likeness (QED) is 0.761. The zero-order valence-electron chi connectivity index (χ0n) is 12.9. The van der Waals surface area contributed by atoms with Gasteiger partial charge in [0.25, 0.3) is 0 Å². The number of amides is 2. The van der Waals surface area contributed by atoms with Gasteiger partial charge < -0.3 is 10.6 Å². The molecule has 4 bridgehead atoms. The summed E-state index contributed by atoms with van der Waals surface area (Å²) in [5.41, 5.74) is -0.179. The van der Waals surface area contributed by atoms with E-state index in [4.69, 9.17) is 0 Å². The lowest BCUT2D eigenvalue weighted by Gasteiger charge is -2.55. The van der Waals surface area contributed by atoms with Gasteiger partial charge in [0, 0.05) is 12.0 Å². The molecule has 4 fully saturated rings. The molecule has 0 aliphatic heterocycles. The minimum atomic E-state index is -0.467. The van der Waals surface area contributed by atoms with Gasteiger partial charge in [-0.05, 0) is 63.2 Å².